The van der Waals surface area contributed by atoms with E-state index in [1.807, 2.05) is 60.7 Å². The summed E-state index contributed by atoms with van der Waals surface area (Å²) in [5.41, 5.74) is 8.60. The van der Waals surface area contributed by atoms with Crippen molar-refractivity contribution in [2.45, 2.75) is 6.54 Å². The zero-order valence-corrected chi connectivity index (χ0v) is 12.6. The average molecular weight is 303 g/mol. The number of anilines is 2. The Morgan fingerprint density at radius 2 is 1.61 bits per heavy atom. The molecule has 0 spiro atoms. The molecule has 0 radical (unpaired) electrons. The molecule has 0 aliphatic carbocycles. The van der Waals surface area contributed by atoms with Crippen molar-refractivity contribution in [3.8, 4) is 0 Å². The lowest BCUT2D eigenvalue weighted by Gasteiger charge is -2.23. The van der Waals surface area contributed by atoms with Crippen LogP contribution in [0.1, 0.15) is 15.9 Å². The Balaban J connectivity index is 1.96. The topological polar surface area (TPSA) is 59.2 Å². The van der Waals surface area contributed by atoms with Crippen LogP contribution in [-0.2, 0) is 6.54 Å². The number of hydrogen-bond donors (Lipinski definition) is 1. The molecular weight excluding hydrogens is 286 g/mol. The summed E-state index contributed by atoms with van der Waals surface area (Å²) in [6.45, 7) is 0.485. The summed E-state index contributed by atoms with van der Waals surface area (Å²) in [4.78, 5) is 18.7. The monoisotopic (exact) mass is 303 g/mol. The van der Waals surface area contributed by atoms with Crippen LogP contribution in [-0.4, -0.2) is 10.9 Å². The molecule has 0 fully saturated rings. The summed E-state index contributed by atoms with van der Waals surface area (Å²) < 4.78 is 0. The number of nitrogens with two attached hydrogens (primary N) is 1. The minimum absolute atomic E-state index is 0.125. The van der Waals surface area contributed by atoms with Crippen molar-refractivity contribution in [3.63, 3.8) is 0 Å². The number of carbonyl (C=O) groups excluding carboxylic acids is 1. The number of para-hydroxylation sites is 1. The molecular formula is C19H17N3O. The highest BCUT2D eigenvalue weighted by molar-refractivity contribution is 6.06. The Labute approximate surface area is 135 Å². The first kappa shape index (κ1) is 14.8. The average Bonchev–Trinajstić information content (AvgIpc) is 2.61. The number of nitrogen functional groups attached to an aromatic ring is 1. The first-order chi connectivity index (χ1) is 11.2. The van der Waals surface area contributed by atoms with Gasteiger partial charge in [0.1, 0.15) is 0 Å². The highest BCUT2D eigenvalue weighted by atomic mass is 16.2. The van der Waals surface area contributed by atoms with E-state index in [9.17, 15) is 4.79 Å². The molecule has 0 saturated carbocycles. The van der Waals surface area contributed by atoms with Gasteiger partial charge in [-0.05, 0) is 23.8 Å². The molecule has 0 unspecified atom stereocenters. The Hall–Kier alpha value is -3.14. The summed E-state index contributed by atoms with van der Waals surface area (Å²) in [5.74, 6) is -0.125. The van der Waals surface area contributed by atoms with E-state index in [2.05, 4.69) is 4.98 Å². The number of benzene rings is 2. The number of aromatic nitrogens is 1. The quantitative estimate of drug-likeness (QED) is 0.802. The molecule has 4 heteroatoms. The third-order valence-electron chi connectivity index (χ3n) is 3.50. The van der Waals surface area contributed by atoms with E-state index in [0.717, 1.165) is 11.3 Å². The van der Waals surface area contributed by atoms with Crippen LogP contribution in [0.3, 0.4) is 0 Å². The minimum atomic E-state index is -0.125. The van der Waals surface area contributed by atoms with Crippen LogP contribution >= 0.6 is 0 Å². The van der Waals surface area contributed by atoms with Crippen LogP contribution in [0.15, 0.2) is 79.1 Å². The third-order valence-corrected chi connectivity index (χ3v) is 3.50. The lowest BCUT2D eigenvalue weighted by Crippen LogP contribution is -2.30. The molecule has 114 valence electrons. The third kappa shape index (κ3) is 3.55. The van der Waals surface area contributed by atoms with Gasteiger partial charge in [-0.1, -0.05) is 48.5 Å². The van der Waals surface area contributed by atoms with Crippen molar-refractivity contribution in [3.05, 3.63) is 90.3 Å². The van der Waals surface area contributed by atoms with E-state index in [0.29, 0.717) is 17.8 Å². The Kier molecular flexibility index (Phi) is 4.34. The summed E-state index contributed by atoms with van der Waals surface area (Å²) in [7, 11) is 0. The predicted molar refractivity (Wildman–Crippen MR) is 92.0 cm³/mol. The fraction of sp³-hybridized carbons (Fsp3) is 0.0526. The first-order valence-corrected chi connectivity index (χ1v) is 7.35. The molecule has 0 saturated heterocycles. The van der Waals surface area contributed by atoms with E-state index in [4.69, 9.17) is 5.73 Å². The number of nitrogens with zero attached hydrogens (tertiary/aromatic N) is 2. The Bertz CT molecular complexity index is 788. The number of amides is 1. The maximum Gasteiger partial charge on any atom is 0.260 e. The SMILES string of the molecule is Nc1cncc(C(=O)N(Cc2ccccc2)c2ccccc2)c1. The lowest BCUT2D eigenvalue weighted by atomic mass is 10.1. The fourth-order valence-electron chi connectivity index (χ4n) is 2.38. The van der Waals surface area contributed by atoms with Crippen molar-refractivity contribution in [1.82, 2.24) is 4.98 Å². The van der Waals surface area contributed by atoms with Gasteiger partial charge >= 0.3 is 0 Å². The van der Waals surface area contributed by atoms with Gasteiger partial charge in [-0.15, -0.1) is 0 Å². The van der Waals surface area contributed by atoms with Crippen molar-refractivity contribution < 1.29 is 4.79 Å². The van der Waals surface area contributed by atoms with Crippen LogP contribution in [0, 0.1) is 0 Å². The number of pyridine rings is 1. The van der Waals surface area contributed by atoms with E-state index in [1.165, 1.54) is 6.20 Å². The standard InChI is InChI=1S/C19H17N3O/c20-17-11-16(12-21-13-17)19(23)22(18-9-5-2-6-10-18)14-15-7-3-1-4-8-15/h1-13H,14,20H2. The van der Waals surface area contributed by atoms with Gasteiger partial charge in [0.15, 0.2) is 0 Å². The second kappa shape index (κ2) is 6.75. The highest BCUT2D eigenvalue weighted by Crippen LogP contribution is 2.20. The molecule has 1 heterocycles. The molecule has 0 bridgehead atoms. The number of hydrogen-bond acceptors (Lipinski definition) is 3. The molecule has 2 aromatic carbocycles. The number of carbonyl (C=O) groups is 1. The van der Waals surface area contributed by atoms with Crippen molar-refractivity contribution in [2.75, 3.05) is 10.6 Å². The first-order valence-electron chi connectivity index (χ1n) is 7.35. The van der Waals surface area contributed by atoms with E-state index >= 15 is 0 Å². The number of rotatable bonds is 4. The second-order valence-electron chi connectivity index (χ2n) is 5.22. The van der Waals surface area contributed by atoms with Crippen LogP contribution < -0.4 is 10.6 Å². The molecule has 0 atom stereocenters. The summed E-state index contributed by atoms with van der Waals surface area (Å²) in [6.07, 6.45) is 3.07. The zero-order valence-electron chi connectivity index (χ0n) is 12.6. The fourth-order valence-corrected chi connectivity index (χ4v) is 2.38. The molecule has 3 aromatic rings. The summed E-state index contributed by atoms with van der Waals surface area (Å²) in [5, 5.41) is 0. The van der Waals surface area contributed by atoms with Gasteiger partial charge in [0.2, 0.25) is 0 Å². The molecule has 1 amide bonds. The van der Waals surface area contributed by atoms with Crippen LogP contribution in [0.4, 0.5) is 11.4 Å². The normalized spacial score (nSPS) is 10.3. The molecule has 1 aromatic heterocycles. The maximum atomic E-state index is 12.9. The van der Waals surface area contributed by atoms with Crippen molar-refractivity contribution >= 4 is 17.3 Å². The van der Waals surface area contributed by atoms with Gasteiger partial charge in [0.25, 0.3) is 5.91 Å². The van der Waals surface area contributed by atoms with Gasteiger partial charge in [-0.2, -0.15) is 0 Å². The van der Waals surface area contributed by atoms with Gasteiger partial charge in [0.05, 0.1) is 17.8 Å². The molecule has 0 aliphatic heterocycles. The summed E-state index contributed by atoms with van der Waals surface area (Å²) >= 11 is 0. The molecule has 3 rings (SSSR count). The largest absolute Gasteiger partial charge is 0.397 e. The zero-order chi connectivity index (χ0) is 16.1. The second-order valence-corrected chi connectivity index (χ2v) is 5.22. The van der Waals surface area contributed by atoms with E-state index < -0.39 is 0 Å². The predicted octanol–water partition coefficient (Wildman–Crippen LogP) is 3.51. The molecule has 23 heavy (non-hydrogen) atoms. The van der Waals surface area contributed by atoms with Crippen LogP contribution in [0.5, 0.6) is 0 Å². The summed E-state index contributed by atoms with van der Waals surface area (Å²) in [6, 6.07) is 21.1. The molecule has 0 aliphatic rings. The van der Waals surface area contributed by atoms with Gasteiger partial charge < -0.3 is 10.6 Å². The van der Waals surface area contributed by atoms with Gasteiger partial charge in [-0.3, -0.25) is 9.78 Å². The Morgan fingerprint density at radius 1 is 0.957 bits per heavy atom. The lowest BCUT2D eigenvalue weighted by molar-refractivity contribution is 0.0985. The van der Waals surface area contributed by atoms with E-state index in [-0.39, 0.29) is 5.91 Å². The smallest absolute Gasteiger partial charge is 0.260 e. The molecule has 4 nitrogen and oxygen atoms in total. The van der Waals surface area contributed by atoms with Crippen molar-refractivity contribution in [2.24, 2.45) is 0 Å². The maximum absolute atomic E-state index is 12.9. The van der Waals surface area contributed by atoms with Gasteiger partial charge in [-0.25, -0.2) is 0 Å². The highest BCUT2D eigenvalue weighted by Gasteiger charge is 2.18. The Morgan fingerprint density at radius 3 is 2.26 bits per heavy atom. The molecule has 2 N–H and O–H groups in total. The van der Waals surface area contributed by atoms with E-state index in [1.54, 1.807) is 17.2 Å². The van der Waals surface area contributed by atoms with Crippen LogP contribution in [0.25, 0.3) is 0 Å². The van der Waals surface area contributed by atoms with Gasteiger partial charge in [0, 0.05) is 18.1 Å². The minimum Gasteiger partial charge on any atom is -0.397 e. The van der Waals surface area contributed by atoms with Crippen LogP contribution in [0.2, 0.25) is 0 Å². The van der Waals surface area contributed by atoms with Crippen molar-refractivity contribution in [1.29, 1.82) is 0 Å².